The van der Waals surface area contributed by atoms with Crippen LogP contribution in [0.2, 0.25) is 5.02 Å². The molecule has 0 aromatic heterocycles. The third-order valence-corrected chi connectivity index (χ3v) is 3.33. The molecule has 16 heavy (non-hydrogen) atoms. The lowest BCUT2D eigenvalue weighted by atomic mass is 9.93. The highest BCUT2D eigenvalue weighted by molar-refractivity contribution is 6.31. The molecule has 0 spiro atoms. The normalized spacial score (nSPS) is 22.3. The predicted molar refractivity (Wildman–Crippen MR) is 60.4 cm³/mol. The minimum absolute atomic E-state index is 0.136. The second-order valence-corrected chi connectivity index (χ2v) is 4.29. The number of ether oxygens (including phenoxy) is 1. The van der Waals surface area contributed by atoms with Crippen LogP contribution in [0.25, 0.3) is 0 Å². The van der Waals surface area contributed by atoms with Gasteiger partial charge in [0.2, 0.25) is 0 Å². The third kappa shape index (κ3) is 2.20. The van der Waals surface area contributed by atoms with Crippen LogP contribution in [0.3, 0.4) is 0 Å². The van der Waals surface area contributed by atoms with E-state index in [9.17, 15) is 4.39 Å². The van der Waals surface area contributed by atoms with Crippen LogP contribution in [-0.2, 0) is 4.74 Å². The fraction of sp³-hybridized carbons (Fsp3) is 0.455. The molecule has 1 saturated heterocycles. The molecule has 1 aromatic carbocycles. The molecule has 1 aromatic rings. The molecule has 88 valence electrons. The average molecular weight is 245 g/mol. The molecule has 3 N–H and O–H groups in total. The maximum absolute atomic E-state index is 13.3. The standard InChI is InChI=1S/C11H14ClFN2O/c12-10-8(2-1-3-9(10)13)11(15-14)7-4-5-16-6-7/h1-3,7,11,15H,4-6,14H2. The van der Waals surface area contributed by atoms with Crippen LogP contribution in [0.1, 0.15) is 18.0 Å². The Morgan fingerprint density at radius 3 is 3.00 bits per heavy atom. The smallest absolute Gasteiger partial charge is 0.142 e. The molecule has 0 bridgehead atoms. The van der Waals surface area contributed by atoms with Crippen LogP contribution >= 0.6 is 11.6 Å². The van der Waals surface area contributed by atoms with Crippen molar-refractivity contribution in [1.82, 2.24) is 5.43 Å². The molecule has 0 saturated carbocycles. The van der Waals surface area contributed by atoms with E-state index in [1.807, 2.05) is 0 Å². The number of hydrogen-bond acceptors (Lipinski definition) is 3. The quantitative estimate of drug-likeness (QED) is 0.632. The molecule has 2 rings (SSSR count). The van der Waals surface area contributed by atoms with Gasteiger partial charge in [-0.25, -0.2) is 4.39 Å². The topological polar surface area (TPSA) is 47.3 Å². The van der Waals surface area contributed by atoms with Crippen molar-refractivity contribution >= 4 is 11.6 Å². The number of halogens is 2. The monoisotopic (exact) mass is 244 g/mol. The summed E-state index contributed by atoms with van der Waals surface area (Å²) in [5, 5.41) is 0.136. The molecule has 2 unspecified atom stereocenters. The van der Waals surface area contributed by atoms with Crippen molar-refractivity contribution < 1.29 is 9.13 Å². The zero-order valence-electron chi connectivity index (χ0n) is 8.75. The molecule has 1 aliphatic heterocycles. The molecule has 0 radical (unpaired) electrons. The number of rotatable bonds is 3. The Labute approximate surface area is 98.7 Å². The summed E-state index contributed by atoms with van der Waals surface area (Å²) < 4.78 is 18.6. The summed E-state index contributed by atoms with van der Waals surface area (Å²) in [6.07, 6.45) is 0.904. The van der Waals surface area contributed by atoms with E-state index >= 15 is 0 Å². The highest BCUT2D eigenvalue weighted by Gasteiger charge is 2.28. The van der Waals surface area contributed by atoms with Gasteiger partial charge in [0.1, 0.15) is 5.82 Å². The minimum atomic E-state index is -0.418. The van der Waals surface area contributed by atoms with E-state index < -0.39 is 5.82 Å². The lowest BCUT2D eigenvalue weighted by Crippen LogP contribution is -2.34. The van der Waals surface area contributed by atoms with Crippen molar-refractivity contribution in [3.8, 4) is 0 Å². The third-order valence-electron chi connectivity index (χ3n) is 2.93. The Morgan fingerprint density at radius 2 is 2.38 bits per heavy atom. The van der Waals surface area contributed by atoms with Gasteiger partial charge in [0, 0.05) is 12.5 Å². The van der Waals surface area contributed by atoms with Gasteiger partial charge in [0.25, 0.3) is 0 Å². The van der Waals surface area contributed by atoms with Gasteiger partial charge in [0.05, 0.1) is 17.7 Å². The summed E-state index contributed by atoms with van der Waals surface area (Å²) in [4.78, 5) is 0. The van der Waals surface area contributed by atoms with Crippen molar-refractivity contribution in [2.75, 3.05) is 13.2 Å². The van der Waals surface area contributed by atoms with Crippen LogP contribution in [0.5, 0.6) is 0 Å². The molecule has 1 heterocycles. The molecule has 5 heteroatoms. The predicted octanol–water partition coefficient (Wildman–Crippen LogP) is 2.02. The van der Waals surface area contributed by atoms with Crippen LogP contribution in [0.15, 0.2) is 18.2 Å². The van der Waals surface area contributed by atoms with E-state index in [0.717, 1.165) is 13.0 Å². The van der Waals surface area contributed by atoms with Crippen LogP contribution in [-0.4, -0.2) is 13.2 Å². The summed E-state index contributed by atoms with van der Waals surface area (Å²) in [6, 6.07) is 4.60. The fourth-order valence-corrected chi connectivity index (χ4v) is 2.30. The Kier molecular flexibility index (Phi) is 3.76. The van der Waals surface area contributed by atoms with Gasteiger partial charge in [-0.2, -0.15) is 0 Å². The van der Waals surface area contributed by atoms with Gasteiger partial charge in [-0.15, -0.1) is 0 Å². The van der Waals surface area contributed by atoms with Gasteiger partial charge in [0.15, 0.2) is 0 Å². The molecule has 1 fully saturated rings. The van der Waals surface area contributed by atoms with Crippen LogP contribution in [0, 0.1) is 11.7 Å². The zero-order chi connectivity index (χ0) is 11.5. The maximum Gasteiger partial charge on any atom is 0.142 e. The van der Waals surface area contributed by atoms with Crippen molar-refractivity contribution in [3.05, 3.63) is 34.6 Å². The van der Waals surface area contributed by atoms with E-state index in [2.05, 4.69) is 5.43 Å². The lowest BCUT2D eigenvalue weighted by Gasteiger charge is -2.22. The summed E-state index contributed by atoms with van der Waals surface area (Å²) in [6.45, 7) is 1.34. The van der Waals surface area contributed by atoms with Crippen molar-refractivity contribution in [2.24, 2.45) is 11.8 Å². The van der Waals surface area contributed by atoms with E-state index in [1.54, 1.807) is 12.1 Å². The van der Waals surface area contributed by atoms with E-state index in [1.165, 1.54) is 6.07 Å². The van der Waals surface area contributed by atoms with Gasteiger partial charge < -0.3 is 4.74 Å². The van der Waals surface area contributed by atoms with E-state index in [-0.39, 0.29) is 17.0 Å². The Bertz CT molecular complexity index is 369. The average Bonchev–Trinajstić information content (AvgIpc) is 2.79. The van der Waals surface area contributed by atoms with Crippen molar-refractivity contribution in [1.29, 1.82) is 0 Å². The first kappa shape index (κ1) is 11.8. The van der Waals surface area contributed by atoms with Crippen LogP contribution < -0.4 is 11.3 Å². The second kappa shape index (κ2) is 5.10. The maximum atomic E-state index is 13.3. The first-order chi connectivity index (χ1) is 7.74. The summed E-state index contributed by atoms with van der Waals surface area (Å²) in [7, 11) is 0. The number of nitrogens with one attached hydrogen (secondary N) is 1. The van der Waals surface area contributed by atoms with Crippen LogP contribution in [0.4, 0.5) is 4.39 Å². The molecule has 1 aliphatic rings. The van der Waals surface area contributed by atoms with Crippen molar-refractivity contribution in [2.45, 2.75) is 12.5 Å². The first-order valence-electron chi connectivity index (χ1n) is 5.22. The minimum Gasteiger partial charge on any atom is -0.381 e. The molecular weight excluding hydrogens is 231 g/mol. The highest BCUT2D eigenvalue weighted by atomic mass is 35.5. The largest absolute Gasteiger partial charge is 0.381 e. The van der Waals surface area contributed by atoms with Gasteiger partial charge in [-0.1, -0.05) is 23.7 Å². The molecule has 3 nitrogen and oxygen atoms in total. The van der Waals surface area contributed by atoms with E-state index in [0.29, 0.717) is 12.2 Å². The number of hydrazine groups is 1. The molecule has 0 amide bonds. The van der Waals surface area contributed by atoms with Gasteiger partial charge in [-0.3, -0.25) is 11.3 Å². The summed E-state index contributed by atoms with van der Waals surface area (Å²) in [5.74, 6) is 5.34. The second-order valence-electron chi connectivity index (χ2n) is 3.91. The lowest BCUT2D eigenvalue weighted by molar-refractivity contribution is 0.177. The van der Waals surface area contributed by atoms with Gasteiger partial charge >= 0.3 is 0 Å². The Hall–Kier alpha value is -0.680. The fourth-order valence-electron chi connectivity index (χ4n) is 2.06. The Balaban J connectivity index is 2.28. The molecule has 2 atom stereocenters. The molecular formula is C11H14ClFN2O. The SMILES string of the molecule is NNC(c1cccc(F)c1Cl)C1CCOC1. The Morgan fingerprint density at radius 1 is 1.56 bits per heavy atom. The summed E-state index contributed by atoms with van der Waals surface area (Å²) >= 11 is 5.93. The highest BCUT2D eigenvalue weighted by Crippen LogP contribution is 2.33. The number of benzene rings is 1. The number of hydrogen-bond donors (Lipinski definition) is 2. The number of nitrogens with two attached hydrogens (primary N) is 1. The first-order valence-corrected chi connectivity index (χ1v) is 5.59. The van der Waals surface area contributed by atoms with Crippen molar-refractivity contribution in [3.63, 3.8) is 0 Å². The summed E-state index contributed by atoms with van der Waals surface area (Å²) in [5.41, 5.74) is 3.39. The molecule has 0 aliphatic carbocycles. The van der Waals surface area contributed by atoms with E-state index in [4.69, 9.17) is 22.2 Å². The van der Waals surface area contributed by atoms with Gasteiger partial charge in [-0.05, 0) is 18.1 Å². The zero-order valence-corrected chi connectivity index (χ0v) is 9.51.